The van der Waals surface area contributed by atoms with Crippen LogP contribution in [0.25, 0.3) is 10.8 Å². The summed E-state index contributed by atoms with van der Waals surface area (Å²) in [5.74, 6) is 0.223. The molecule has 2 aromatic carbocycles. The summed E-state index contributed by atoms with van der Waals surface area (Å²) in [6.07, 6.45) is 3.44. The highest BCUT2D eigenvalue weighted by molar-refractivity contribution is 5.90. The minimum Gasteiger partial charge on any atom is -0.342 e. The SMILES string of the molecule is N[C@@H]1CCCN(C(=O)Cc2cccc3ccccc23)CC1. The Balaban J connectivity index is 1.77. The Hall–Kier alpha value is -1.87. The molecule has 1 saturated heterocycles. The average molecular weight is 282 g/mol. The third-order valence-electron chi connectivity index (χ3n) is 4.35. The molecule has 0 unspecified atom stereocenters. The zero-order chi connectivity index (χ0) is 14.7. The quantitative estimate of drug-likeness (QED) is 0.920. The van der Waals surface area contributed by atoms with Crippen LogP contribution in [0.3, 0.4) is 0 Å². The average Bonchev–Trinajstić information content (AvgIpc) is 2.72. The Bertz CT molecular complexity index is 633. The summed E-state index contributed by atoms with van der Waals surface area (Å²) in [5.41, 5.74) is 7.10. The summed E-state index contributed by atoms with van der Waals surface area (Å²) >= 11 is 0. The van der Waals surface area contributed by atoms with E-state index in [1.807, 2.05) is 23.1 Å². The molecule has 3 heteroatoms. The molecule has 0 spiro atoms. The predicted molar refractivity (Wildman–Crippen MR) is 86.1 cm³/mol. The lowest BCUT2D eigenvalue weighted by Gasteiger charge is -2.21. The van der Waals surface area contributed by atoms with Gasteiger partial charge in [-0.1, -0.05) is 42.5 Å². The van der Waals surface area contributed by atoms with Gasteiger partial charge in [0.1, 0.15) is 0 Å². The molecule has 2 N–H and O–H groups in total. The maximum atomic E-state index is 12.6. The third kappa shape index (κ3) is 3.24. The molecule has 0 radical (unpaired) electrons. The first kappa shape index (κ1) is 14.1. The molecule has 0 bridgehead atoms. The maximum absolute atomic E-state index is 12.6. The fraction of sp³-hybridized carbons (Fsp3) is 0.389. The molecular weight excluding hydrogens is 260 g/mol. The molecule has 21 heavy (non-hydrogen) atoms. The van der Waals surface area contributed by atoms with Crippen molar-refractivity contribution in [1.29, 1.82) is 0 Å². The molecule has 0 saturated carbocycles. The summed E-state index contributed by atoms with van der Waals surface area (Å²) in [6, 6.07) is 14.7. The van der Waals surface area contributed by atoms with Crippen molar-refractivity contribution in [2.24, 2.45) is 5.73 Å². The predicted octanol–water partition coefficient (Wildman–Crippen LogP) is 2.72. The topological polar surface area (TPSA) is 46.3 Å². The van der Waals surface area contributed by atoms with Crippen molar-refractivity contribution in [1.82, 2.24) is 4.90 Å². The summed E-state index contributed by atoms with van der Waals surface area (Å²) in [7, 11) is 0. The van der Waals surface area contributed by atoms with E-state index in [4.69, 9.17) is 5.73 Å². The Labute approximate surface area is 125 Å². The Morgan fingerprint density at radius 2 is 1.90 bits per heavy atom. The summed E-state index contributed by atoms with van der Waals surface area (Å²) < 4.78 is 0. The van der Waals surface area contributed by atoms with E-state index < -0.39 is 0 Å². The standard InChI is InChI=1S/C18H22N2O/c19-16-8-4-11-20(12-10-16)18(21)13-15-7-3-6-14-5-1-2-9-17(14)15/h1-3,5-7,9,16H,4,8,10-13,19H2/t16-/m1/s1. The van der Waals surface area contributed by atoms with Gasteiger partial charge in [0.2, 0.25) is 5.91 Å². The van der Waals surface area contributed by atoms with Gasteiger partial charge in [-0.05, 0) is 35.6 Å². The number of fused-ring (bicyclic) bond motifs is 1. The number of amides is 1. The largest absolute Gasteiger partial charge is 0.342 e. The first-order valence-electron chi connectivity index (χ1n) is 7.74. The van der Waals surface area contributed by atoms with Crippen LogP contribution in [0.2, 0.25) is 0 Å². The van der Waals surface area contributed by atoms with Crippen LogP contribution in [0.4, 0.5) is 0 Å². The van der Waals surface area contributed by atoms with Gasteiger partial charge in [0.15, 0.2) is 0 Å². The van der Waals surface area contributed by atoms with E-state index in [1.54, 1.807) is 0 Å². The van der Waals surface area contributed by atoms with Gasteiger partial charge in [-0.2, -0.15) is 0 Å². The first-order valence-corrected chi connectivity index (χ1v) is 7.74. The Morgan fingerprint density at radius 3 is 2.81 bits per heavy atom. The van der Waals surface area contributed by atoms with Crippen LogP contribution in [0.1, 0.15) is 24.8 Å². The molecule has 1 atom stereocenters. The molecule has 0 aromatic heterocycles. The number of carbonyl (C=O) groups excluding carboxylic acids is 1. The Morgan fingerprint density at radius 1 is 1.10 bits per heavy atom. The van der Waals surface area contributed by atoms with Crippen molar-refractivity contribution in [3.05, 3.63) is 48.0 Å². The molecule has 1 amide bonds. The molecule has 1 aliphatic heterocycles. The maximum Gasteiger partial charge on any atom is 0.227 e. The second-order valence-electron chi connectivity index (χ2n) is 5.89. The minimum atomic E-state index is 0.223. The van der Waals surface area contributed by atoms with Crippen molar-refractivity contribution in [3.8, 4) is 0 Å². The fourth-order valence-corrected chi connectivity index (χ4v) is 3.09. The van der Waals surface area contributed by atoms with Crippen molar-refractivity contribution >= 4 is 16.7 Å². The van der Waals surface area contributed by atoms with Gasteiger partial charge in [-0.15, -0.1) is 0 Å². The van der Waals surface area contributed by atoms with E-state index in [9.17, 15) is 4.79 Å². The molecule has 1 fully saturated rings. The van der Waals surface area contributed by atoms with Crippen LogP contribution in [-0.2, 0) is 11.2 Å². The number of rotatable bonds is 2. The lowest BCUT2D eigenvalue weighted by atomic mass is 10.0. The summed E-state index contributed by atoms with van der Waals surface area (Å²) in [4.78, 5) is 14.5. The van der Waals surface area contributed by atoms with Crippen LogP contribution < -0.4 is 5.73 Å². The van der Waals surface area contributed by atoms with Crippen molar-refractivity contribution in [2.45, 2.75) is 31.7 Å². The van der Waals surface area contributed by atoms with Crippen LogP contribution in [0.5, 0.6) is 0 Å². The van der Waals surface area contributed by atoms with Gasteiger partial charge in [0.25, 0.3) is 0 Å². The molecule has 3 rings (SSSR count). The lowest BCUT2D eigenvalue weighted by Crippen LogP contribution is -2.34. The Kier molecular flexibility index (Phi) is 4.20. The van der Waals surface area contributed by atoms with Crippen molar-refractivity contribution < 1.29 is 4.79 Å². The van der Waals surface area contributed by atoms with Crippen molar-refractivity contribution in [2.75, 3.05) is 13.1 Å². The lowest BCUT2D eigenvalue weighted by molar-refractivity contribution is -0.130. The van der Waals surface area contributed by atoms with Crippen LogP contribution in [0.15, 0.2) is 42.5 Å². The van der Waals surface area contributed by atoms with Crippen molar-refractivity contribution in [3.63, 3.8) is 0 Å². The molecule has 110 valence electrons. The zero-order valence-corrected chi connectivity index (χ0v) is 12.3. The fourth-order valence-electron chi connectivity index (χ4n) is 3.09. The number of hydrogen-bond acceptors (Lipinski definition) is 2. The van der Waals surface area contributed by atoms with E-state index in [1.165, 1.54) is 10.8 Å². The van der Waals surface area contributed by atoms with Gasteiger partial charge in [-0.3, -0.25) is 4.79 Å². The highest BCUT2D eigenvalue weighted by Gasteiger charge is 2.19. The monoisotopic (exact) mass is 282 g/mol. The molecule has 3 nitrogen and oxygen atoms in total. The number of likely N-dealkylation sites (tertiary alicyclic amines) is 1. The number of benzene rings is 2. The molecule has 1 aliphatic rings. The highest BCUT2D eigenvalue weighted by Crippen LogP contribution is 2.20. The van der Waals surface area contributed by atoms with Gasteiger partial charge in [0, 0.05) is 19.1 Å². The van der Waals surface area contributed by atoms with Crippen LogP contribution >= 0.6 is 0 Å². The summed E-state index contributed by atoms with van der Waals surface area (Å²) in [6.45, 7) is 1.64. The normalized spacial score (nSPS) is 19.5. The van der Waals surface area contributed by atoms with Gasteiger partial charge >= 0.3 is 0 Å². The number of nitrogens with zero attached hydrogens (tertiary/aromatic N) is 1. The molecular formula is C18H22N2O. The zero-order valence-electron chi connectivity index (χ0n) is 12.3. The second kappa shape index (κ2) is 6.27. The highest BCUT2D eigenvalue weighted by atomic mass is 16.2. The van der Waals surface area contributed by atoms with E-state index in [-0.39, 0.29) is 11.9 Å². The molecule has 2 aromatic rings. The molecule has 0 aliphatic carbocycles. The minimum absolute atomic E-state index is 0.223. The van der Waals surface area contributed by atoms with Crippen LogP contribution in [-0.4, -0.2) is 29.9 Å². The first-order chi connectivity index (χ1) is 10.2. The van der Waals surface area contributed by atoms with E-state index in [0.717, 1.165) is 37.9 Å². The van der Waals surface area contributed by atoms with E-state index >= 15 is 0 Å². The molecule has 1 heterocycles. The third-order valence-corrected chi connectivity index (χ3v) is 4.35. The van der Waals surface area contributed by atoms with E-state index in [2.05, 4.69) is 24.3 Å². The summed E-state index contributed by atoms with van der Waals surface area (Å²) in [5, 5.41) is 2.38. The number of carbonyl (C=O) groups is 1. The number of hydrogen-bond donors (Lipinski definition) is 1. The second-order valence-corrected chi connectivity index (χ2v) is 5.89. The van der Waals surface area contributed by atoms with Gasteiger partial charge in [0.05, 0.1) is 6.42 Å². The van der Waals surface area contributed by atoms with E-state index in [0.29, 0.717) is 6.42 Å². The van der Waals surface area contributed by atoms with Gasteiger partial charge < -0.3 is 10.6 Å². The smallest absolute Gasteiger partial charge is 0.227 e. The number of nitrogens with two attached hydrogens (primary N) is 1. The van der Waals surface area contributed by atoms with Crippen LogP contribution in [0, 0.1) is 0 Å². The van der Waals surface area contributed by atoms with Gasteiger partial charge in [-0.25, -0.2) is 0 Å².